The van der Waals surface area contributed by atoms with Crippen molar-refractivity contribution in [2.45, 2.75) is 32.1 Å². The van der Waals surface area contributed by atoms with Crippen molar-refractivity contribution < 1.29 is 14.6 Å². The maximum absolute atomic E-state index is 10.0. The van der Waals surface area contributed by atoms with Gasteiger partial charge in [0.05, 0.1) is 6.61 Å². The topological polar surface area (TPSA) is 46.5 Å². The van der Waals surface area contributed by atoms with E-state index < -0.39 is 0 Å². The smallest absolute Gasteiger partial charge is 0.122 e. The molecule has 0 bridgehead atoms. The van der Waals surface area contributed by atoms with E-state index in [2.05, 4.69) is 0 Å². The van der Waals surface area contributed by atoms with E-state index >= 15 is 0 Å². The molecular formula is C11H20O3. The summed E-state index contributed by atoms with van der Waals surface area (Å²) in [5.74, 6) is 1.16. The predicted molar refractivity (Wildman–Crippen MR) is 54.0 cm³/mol. The molecule has 0 atom stereocenters. The summed E-state index contributed by atoms with van der Waals surface area (Å²) >= 11 is 0. The Kier molecular flexibility index (Phi) is 5.80. The van der Waals surface area contributed by atoms with E-state index in [0.29, 0.717) is 31.5 Å². The Hall–Kier alpha value is -0.410. The quantitative estimate of drug-likeness (QED) is 0.520. The number of rotatable bonds is 6. The van der Waals surface area contributed by atoms with Gasteiger partial charge in [0.15, 0.2) is 0 Å². The molecule has 1 saturated carbocycles. The van der Waals surface area contributed by atoms with Gasteiger partial charge in [-0.3, -0.25) is 0 Å². The standard InChI is InChI=1S/C11H20O3/c12-6-1-7-14-9-11-4-2-10(8-13)3-5-11/h6,10-11,13H,1-5,7-9H2. The number of aldehydes is 1. The molecule has 1 aliphatic rings. The Morgan fingerprint density at radius 1 is 1.21 bits per heavy atom. The summed E-state index contributed by atoms with van der Waals surface area (Å²) < 4.78 is 5.39. The second-order valence-corrected chi connectivity index (χ2v) is 4.10. The molecule has 0 spiro atoms. The van der Waals surface area contributed by atoms with Crippen molar-refractivity contribution in [1.29, 1.82) is 0 Å². The van der Waals surface area contributed by atoms with E-state index in [9.17, 15) is 4.79 Å². The summed E-state index contributed by atoms with van der Waals surface area (Å²) in [6.07, 6.45) is 5.96. The van der Waals surface area contributed by atoms with E-state index in [4.69, 9.17) is 9.84 Å². The van der Waals surface area contributed by atoms with Gasteiger partial charge >= 0.3 is 0 Å². The van der Waals surface area contributed by atoms with Crippen LogP contribution in [0.2, 0.25) is 0 Å². The van der Waals surface area contributed by atoms with Crippen LogP contribution < -0.4 is 0 Å². The lowest BCUT2D eigenvalue weighted by Crippen LogP contribution is -2.20. The summed E-state index contributed by atoms with van der Waals surface area (Å²) in [4.78, 5) is 10.0. The first-order valence-corrected chi connectivity index (χ1v) is 5.49. The van der Waals surface area contributed by atoms with Crippen LogP contribution in [0.3, 0.4) is 0 Å². The second kappa shape index (κ2) is 6.96. The molecule has 14 heavy (non-hydrogen) atoms. The van der Waals surface area contributed by atoms with Crippen LogP contribution in [0.4, 0.5) is 0 Å². The lowest BCUT2D eigenvalue weighted by Gasteiger charge is -2.26. The van der Waals surface area contributed by atoms with E-state index in [1.54, 1.807) is 0 Å². The highest BCUT2D eigenvalue weighted by Crippen LogP contribution is 2.28. The largest absolute Gasteiger partial charge is 0.396 e. The lowest BCUT2D eigenvalue weighted by atomic mass is 9.83. The van der Waals surface area contributed by atoms with Gasteiger partial charge in [-0.15, -0.1) is 0 Å². The highest BCUT2D eigenvalue weighted by Gasteiger charge is 2.20. The van der Waals surface area contributed by atoms with Crippen LogP contribution in [0.15, 0.2) is 0 Å². The zero-order valence-corrected chi connectivity index (χ0v) is 8.65. The molecule has 0 saturated heterocycles. The molecular weight excluding hydrogens is 180 g/mol. The Morgan fingerprint density at radius 2 is 1.86 bits per heavy atom. The second-order valence-electron chi connectivity index (χ2n) is 4.10. The van der Waals surface area contributed by atoms with Crippen molar-refractivity contribution in [3.63, 3.8) is 0 Å². The van der Waals surface area contributed by atoms with E-state index in [-0.39, 0.29) is 0 Å². The lowest BCUT2D eigenvalue weighted by molar-refractivity contribution is -0.108. The zero-order chi connectivity index (χ0) is 10.2. The van der Waals surface area contributed by atoms with Gasteiger partial charge in [0.1, 0.15) is 6.29 Å². The van der Waals surface area contributed by atoms with Crippen molar-refractivity contribution >= 4 is 6.29 Å². The molecule has 82 valence electrons. The van der Waals surface area contributed by atoms with Crippen LogP contribution in [-0.4, -0.2) is 31.2 Å². The van der Waals surface area contributed by atoms with Gasteiger partial charge in [-0.05, 0) is 37.5 Å². The molecule has 3 heteroatoms. The first-order chi connectivity index (χ1) is 6.86. The van der Waals surface area contributed by atoms with Crippen molar-refractivity contribution in [3.8, 4) is 0 Å². The molecule has 0 aromatic heterocycles. The Bertz CT molecular complexity index is 151. The van der Waals surface area contributed by atoms with Crippen molar-refractivity contribution in [3.05, 3.63) is 0 Å². The van der Waals surface area contributed by atoms with E-state index in [1.165, 1.54) is 0 Å². The third kappa shape index (κ3) is 4.20. The zero-order valence-electron chi connectivity index (χ0n) is 8.65. The van der Waals surface area contributed by atoms with Crippen LogP contribution >= 0.6 is 0 Å². The average molecular weight is 200 g/mol. The molecule has 1 rings (SSSR count). The Labute approximate surface area is 85.5 Å². The molecule has 3 nitrogen and oxygen atoms in total. The molecule has 0 aliphatic heterocycles. The first kappa shape index (κ1) is 11.7. The SMILES string of the molecule is O=CCCOCC1CCC(CO)CC1. The van der Waals surface area contributed by atoms with Gasteiger partial charge < -0.3 is 14.6 Å². The highest BCUT2D eigenvalue weighted by molar-refractivity contribution is 5.49. The third-order valence-corrected chi connectivity index (χ3v) is 2.96. The fourth-order valence-electron chi connectivity index (χ4n) is 1.96. The number of hydrogen-bond acceptors (Lipinski definition) is 3. The van der Waals surface area contributed by atoms with Crippen LogP contribution in [-0.2, 0) is 9.53 Å². The average Bonchev–Trinajstić information content (AvgIpc) is 2.25. The van der Waals surface area contributed by atoms with Crippen LogP contribution in [0.1, 0.15) is 32.1 Å². The number of aliphatic hydroxyl groups is 1. The summed E-state index contributed by atoms with van der Waals surface area (Å²) in [5, 5.41) is 8.95. The molecule has 1 fully saturated rings. The molecule has 0 aromatic carbocycles. The molecule has 0 aromatic rings. The van der Waals surface area contributed by atoms with E-state index in [0.717, 1.165) is 38.6 Å². The Balaban J connectivity index is 2.01. The summed E-state index contributed by atoms with van der Waals surface area (Å²) in [6, 6.07) is 0. The fourth-order valence-corrected chi connectivity index (χ4v) is 1.96. The minimum atomic E-state index is 0.332. The first-order valence-electron chi connectivity index (χ1n) is 5.49. The Morgan fingerprint density at radius 3 is 2.43 bits per heavy atom. The highest BCUT2D eigenvalue weighted by atomic mass is 16.5. The maximum atomic E-state index is 10.0. The number of ether oxygens (including phenoxy) is 1. The van der Waals surface area contributed by atoms with Crippen molar-refractivity contribution in [2.75, 3.05) is 19.8 Å². The molecule has 0 radical (unpaired) electrons. The van der Waals surface area contributed by atoms with Gasteiger partial charge in [-0.25, -0.2) is 0 Å². The number of aliphatic hydroxyl groups excluding tert-OH is 1. The molecule has 0 heterocycles. The third-order valence-electron chi connectivity index (χ3n) is 2.96. The van der Waals surface area contributed by atoms with Crippen LogP contribution in [0.25, 0.3) is 0 Å². The summed E-state index contributed by atoms with van der Waals surface area (Å²) in [6.45, 7) is 1.67. The normalized spacial score (nSPS) is 27.5. The van der Waals surface area contributed by atoms with Crippen LogP contribution in [0, 0.1) is 11.8 Å². The number of carbonyl (C=O) groups excluding carboxylic acids is 1. The van der Waals surface area contributed by atoms with Gasteiger partial charge in [0, 0.05) is 19.6 Å². The predicted octanol–water partition coefficient (Wildman–Crippen LogP) is 1.39. The van der Waals surface area contributed by atoms with Gasteiger partial charge in [-0.2, -0.15) is 0 Å². The van der Waals surface area contributed by atoms with Crippen molar-refractivity contribution in [2.24, 2.45) is 11.8 Å². The monoisotopic (exact) mass is 200 g/mol. The van der Waals surface area contributed by atoms with Crippen LogP contribution in [0.5, 0.6) is 0 Å². The molecule has 0 amide bonds. The maximum Gasteiger partial charge on any atom is 0.122 e. The van der Waals surface area contributed by atoms with E-state index in [1.807, 2.05) is 0 Å². The minimum Gasteiger partial charge on any atom is -0.396 e. The van der Waals surface area contributed by atoms with Gasteiger partial charge in [-0.1, -0.05) is 0 Å². The van der Waals surface area contributed by atoms with Gasteiger partial charge in [0.2, 0.25) is 0 Å². The molecule has 0 unspecified atom stereocenters. The number of carbonyl (C=O) groups is 1. The minimum absolute atomic E-state index is 0.332. The molecule has 1 aliphatic carbocycles. The molecule has 1 N–H and O–H groups in total. The summed E-state index contributed by atoms with van der Waals surface area (Å²) in [7, 11) is 0. The summed E-state index contributed by atoms with van der Waals surface area (Å²) in [5.41, 5.74) is 0. The van der Waals surface area contributed by atoms with Crippen molar-refractivity contribution in [1.82, 2.24) is 0 Å². The fraction of sp³-hybridized carbons (Fsp3) is 0.909. The van der Waals surface area contributed by atoms with Gasteiger partial charge in [0.25, 0.3) is 0 Å². The number of hydrogen-bond donors (Lipinski definition) is 1.